The van der Waals surface area contributed by atoms with Gasteiger partial charge in [0.1, 0.15) is 24.4 Å². The number of nitrogens with one attached hydrogen (secondary N) is 1. The van der Waals surface area contributed by atoms with Crippen LogP contribution in [0.4, 0.5) is 13.2 Å². The van der Waals surface area contributed by atoms with Crippen molar-refractivity contribution in [2.24, 2.45) is 5.92 Å². The zero-order valence-corrected chi connectivity index (χ0v) is 27.0. The van der Waals surface area contributed by atoms with Crippen LogP contribution in [0.3, 0.4) is 0 Å². The van der Waals surface area contributed by atoms with E-state index in [9.17, 15) is 27.9 Å². The molecule has 2 heterocycles. The van der Waals surface area contributed by atoms with E-state index in [1.807, 2.05) is 95.6 Å². The number of alkyl halides is 3. The van der Waals surface area contributed by atoms with Crippen molar-refractivity contribution in [3.05, 3.63) is 137 Å². The fraction of sp³-hybridized carbons (Fsp3) is 0.231. The van der Waals surface area contributed by atoms with Gasteiger partial charge < -0.3 is 19.7 Å². The summed E-state index contributed by atoms with van der Waals surface area (Å²) in [4.78, 5) is 28.1. The third-order valence-electron chi connectivity index (χ3n) is 8.62. The minimum atomic E-state index is -4.94. The SMILES string of the molecule is CC(C)C(NC(=O)Cn1c(-c2ccccc2)cc2c3cc(OCc4ccccc4)ccc3n(Cc3ccccc3)c2c1=O)C(O)C(F)(F)F. The summed E-state index contributed by atoms with van der Waals surface area (Å²) in [6.07, 6.45) is -7.70. The lowest BCUT2D eigenvalue weighted by molar-refractivity contribution is -0.215. The number of ether oxygens (including phenoxy) is 1. The molecule has 0 saturated heterocycles. The molecule has 6 aromatic rings. The van der Waals surface area contributed by atoms with Crippen LogP contribution < -0.4 is 15.6 Å². The zero-order chi connectivity index (χ0) is 34.7. The standard InChI is InChI=1S/C39H36F3N3O4/c1-25(2)35(37(47)39(40,41)42)43-34(46)23-45-33(28-16-10-5-11-17-28)21-31-30-20-29(49-24-27-14-8-4-9-15-27)18-19-32(30)44(36(31)38(45)48)22-26-12-6-3-7-13-26/h3-21,25,35,37,47H,22-24H2,1-2H3,(H,43,46). The Labute approximate surface area is 281 Å². The molecule has 2 N–H and O–H groups in total. The van der Waals surface area contributed by atoms with Gasteiger partial charge in [0.2, 0.25) is 5.91 Å². The fourth-order valence-corrected chi connectivity index (χ4v) is 6.14. The molecule has 6 rings (SSSR count). The number of fused-ring (bicyclic) bond motifs is 3. The van der Waals surface area contributed by atoms with Crippen molar-refractivity contribution in [3.8, 4) is 17.0 Å². The highest BCUT2D eigenvalue weighted by atomic mass is 19.4. The Kier molecular flexibility index (Phi) is 9.60. The number of pyridine rings is 1. The maximum absolute atomic E-state index is 14.6. The van der Waals surface area contributed by atoms with E-state index in [-0.39, 0.29) is 0 Å². The van der Waals surface area contributed by atoms with E-state index in [2.05, 4.69) is 5.32 Å². The van der Waals surface area contributed by atoms with E-state index < -0.39 is 42.3 Å². The Morgan fingerprint density at radius 1 is 0.816 bits per heavy atom. The lowest BCUT2D eigenvalue weighted by Gasteiger charge is -2.29. The summed E-state index contributed by atoms with van der Waals surface area (Å²) in [5.74, 6) is -0.953. The molecule has 0 saturated carbocycles. The van der Waals surface area contributed by atoms with Crippen molar-refractivity contribution < 1.29 is 27.8 Å². The van der Waals surface area contributed by atoms with Gasteiger partial charge in [-0.25, -0.2) is 0 Å². The van der Waals surface area contributed by atoms with Crippen LogP contribution >= 0.6 is 0 Å². The summed E-state index contributed by atoms with van der Waals surface area (Å²) < 4.78 is 49.8. The molecule has 49 heavy (non-hydrogen) atoms. The predicted octanol–water partition coefficient (Wildman–Crippen LogP) is 7.31. The third kappa shape index (κ3) is 7.24. The first-order valence-electron chi connectivity index (χ1n) is 16.0. The van der Waals surface area contributed by atoms with Gasteiger partial charge in [0.15, 0.2) is 6.10 Å². The second-order valence-corrected chi connectivity index (χ2v) is 12.4. The predicted molar refractivity (Wildman–Crippen MR) is 184 cm³/mol. The second kappa shape index (κ2) is 14.0. The lowest BCUT2D eigenvalue weighted by Crippen LogP contribution is -2.53. The van der Waals surface area contributed by atoms with Crippen LogP contribution in [0.25, 0.3) is 33.1 Å². The van der Waals surface area contributed by atoms with Crippen molar-refractivity contribution in [3.63, 3.8) is 0 Å². The van der Waals surface area contributed by atoms with Crippen molar-refractivity contribution in [2.75, 3.05) is 0 Å². The summed E-state index contributed by atoms with van der Waals surface area (Å²) in [5.41, 5.74) is 3.64. The summed E-state index contributed by atoms with van der Waals surface area (Å²) in [6, 6.07) is 34.3. The van der Waals surface area contributed by atoms with Crippen LogP contribution in [0.1, 0.15) is 25.0 Å². The number of aromatic nitrogens is 2. The van der Waals surface area contributed by atoms with E-state index in [1.165, 1.54) is 18.4 Å². The van der Waals surface area contributed by atoms with Crippen molar-refractivity contribution in [2.45, 2.75) is 51.9 Å². The minimum absolute atomic E-state index is 0.335. The van der Waals surface area contributed by atoms with Gasteiger partial charge in [0.25, 0.3) is 5.56 Å². The second-order valence-electron chi connectivity index (χ2n) is 12.4. The maximum atomic E-state index is 14.6. The number of aliphatic hydroxyl groups is 1. The van der Waals surface area contributed by atoms with E-state index in [4.69, 9.17) is 4.74 Å². The minimum Gasteiger partial charge on any atom is -0.489 e. The molecule has 4 aromatic carbocycles. The van der Waals surface area contributed by atoms with Crippen molar-refractivity contribution >= 4 is 27.7 Å². The molecule has 0 aliphatic rings. The Morgan fingerprint density at radius 2 is 1.43 bits per heavy atom. The highest BCUT2D eigenvalue weighted by Gasteiger charge is 2.45. The maximum Gasteiger partial charge on any atom is 0.416 e. The van der Waals surface area contributed by atoms with Gasteiger partial charge in [-0.2, -0.15) is 13.2 Å². The molecule has 2 atom stereocenters. The van der Waals surface area contributed by atoms with Gasteiger partial charge in [-0.05, 0) is 46.9 Å². The van der Waals surface area contributed by atoms with E-state index in [1.54, 1.807) is 24.3 Å². The molecule has 0 radical (unpaired) electrons. The number of carbonyl (C=O) groups is 1. The van der Waals surface area contributed by atoms with Crippen molar-refractivity contribution in [1.29, 1.82) is 0 Å². The first-order chi connectivity index (χ1) is 23.5. The van der Waals surface area contributed by atoms with Crippen molar-refractivity contribution in [1.82, 2.24) is 14.5 Å². The molecule has 0 bridgehead atoms. The van der Waals surface area contributed by atoms with Crippen LogP contribution in [-0.4, -0.2) is 38.5 Å². The Bertz CT molecular complexity index is 2130. The number of amides is 1. The summed E-state index contributed by atoms with van der Waals surface area (Å²) in [7, 11) is 0. The number of nitrogens with zero attached hydrogens (tertiary/aromatic N) is 2. The monoisotopic (exact) mass is 667 g/mol. The van der Waals surface area contributed by atoms with Gasteiger partial charge in [-0.3, -0.25) is 14.2 Å². The van der Waals surface area contributed by atoms with Crippen LogP contribution in [0.15, 0.2) is 120 Å². The summed E-state index contributed by atoms with van der Waals surface area (Å²) >= 11 is 0. The molecule has 1 amide bonds. The molecule has 0 fully saturated rings. The molecule has 0 aliphatic heterocycles. The molecule has 10 heteroatoms. The van der Waals surface area contributed by atoms with Gasteiger partial charge >= 0.3 is 6.18 Å². The molecule has 2 unspecified atom stereocenters. The topological polar surface area (TPSA) is 85.5 Å². The Balaban J connectivity index is 1.51. The van der Waals surface area contributed by atoms with E-state index >= 15 is 0 Å². The molecular formula is C39H36F3N3O4. The first-order valence-corrected chi connectivity index (χ1v) is 16.0. The van der Waals surface area contributed by atoms with Crippen LogP contribution in [0, 0.1) is 5.92 Å². The number of halogens is 3. The van der Waals surface area contributed by atoms with Crippen LogP contribution in [0.5, 0.6) is 5.75 Å². The first kappa shape index (κ1) is 33.5. The molecule has 252 valence electrons. The quantitative estimate of drug-likeness (QED) is 0.152. The van der Waals surface area contributed by atoms with E-state index in [0.29, 0.717) is 41.1 Å². The fourth-order valence-electron chi connectivity index (χ4n) is 6.14. The summed E-state index contributed by atoms with van der Waals surface area (Å²) in [5, 5.41) is 13.8. The summed E-state index contributed by atoms with van der Waals surface area (Å²) in [6.45, 7) is 3.10. The molecule has 0 spiro atoms. The van der Waals surface area contributed by atoms with Crippen LogP contribution in [0.2, 0.25) is 0 Å². The normalized spacial score (nSPS) is 13.1. The molecular weight excluding hydrogens is 631 g/mol. The number of carbonyl (C=O) groups excluding carboxylic acids is 1. The molecule has 7 nitrogen and oxygen atoms in total. The largest absolute Gasteiger partial charge is 0.489 e. The lowest BCUT2D eigenvalue weighted by atomic mass is 9.98. The zero-order valence-electron chi connectivity index (χ0n) is 27.0. The van der Waals surface area contributed by atoms with Gasteiger partial charge in [0.05, 0.1) is 11.7 Å². The van der Waals surface area contributed by atoms with Gasteiger partial charge in [0, 0.05) is 22.8 Å². The van der Waals surface area contributed by atoms with Gasteiger partial charge in [-0.1, -0.05) is 105 Å². The van der Waals surface area contributed by atoms with Gasteiger partial charge in [-0.15, -0.1) is 0 Å². The Morgan fingerprint density at radius 3 is 2.04 bits per heavy atom. The number of hydrogen-bond acceptors (Lipinski definition) is 4. The highest BCUT2D eigenvalue weighted by Crippen LogP contribution is 2.34. The van der Waals surface area contributed by atoms with E-state index in [0.717, 1.165) is 22.0 Å². The number of benzene rings is 4. The molecule has 2 aromatic heterocycles. The number of rotatable bonds is 11. The Hall–Kier alpha value is -5.35. The average molecular weight is 668 g/mol. The number of hydrogen-bond donors (Lipinski definition) is 2. The molecule has 0 aliphatic carbocycles. The smallest absolute Gasteiger partial charge is 0.416 e. The third-order valence-corrected chi connectivity index (χ3v) is 8.62. The van der Waals surface area contributed by atoms with Crippen LogP contribution in [-0.2, 0) is 24.5 Å². The number of aliphatic hydroxyl groups excluding tert-OH is 1. The average Bonchev–Trinajstić information content (AvgIpc) is 3.40. The highest BCUT2D eigenvalue weighted by molar-refractivity contribution is 6.09.